The topological polar surface area (TPSA) is 113 Å². The third-order valence-corrected chi connectivity index (χ3v) is 6.26. The van der Waals surface area contributed by atoms with Crippen molar-refractivity contribution in [3.63, 3.8) is 0 Å². The zero-order valence-corrected chi connectivity index (χ0v) is 10.1. The molecule has 1 saturated heterocycles. The average molecular weight is 252 g/mol. The molecule has 0 saturated carbocycles. The van der Waals surface area contributed by atoms with Crippen molar-refractivity contribution in [2.75, 3.05) is 19.4 Å². The second kappa shape index (κ2) is 3.49. The van der Waals surface area contributed by atoms with Crippen LogP contribution in [0.1, 0.15) is 13.8 Å². The van der Waals surface area contributed by atoms with Crippen LogP contribution in [0.3, 0.4) is 0 Å². The summed E-state index contributed by atoms with van der Waals surface area (Å²) < 4.78 is 16.7. The zero-order valence-electron chi connectivity index (χ0n) is 9.21. The van der Waals surface area contributed by atoms with E-state index in [1.54, 1.807) is 0 Å². The van der Waals surface area contributed by atoms with E-state index < -0.39 is 40.6 Å². The fourth-order valence-electron chi connectivity index (χ4n) is 1.97. The summed E-state index contributed by atoms with van der Waals surface area (Å²) in [6.45, 7) is 2.29. The predicted molar refractivity (Wildman–Crippen MR) is 55.1 cm³/mol. The molecule has 1 aliphatic rings. The molecule has 0 bridgehead atoms. The monoisotopic (exact) mass is 252 g/mol. The van der Waals surface area contributed by atoms with Crippen LogP contribution >= 0.6 is 7.37 Å². The van der Waals surface area contributed by atoms with Crippen molar-refractivity contribution >= 4 is 7.37 Å². The molecule has 9 heteroatoms. The van der Waals surface area contributed by atoms with E-state index in [0.717, 1.165) is 21.0 Å². The van der Waals surface area contributed by atoms with Crippen molar-refractivity contribution in [2.24, 2.45) is 0 Å². The molecule has 2 atom stereocenters. The minimum absolute atomic E-state index is 0.402. The van der Waals surface area contributed by atoms with Gasteiger partial charge in [-0.1, -0.05) is 0 Å². The van der Waals surface area contributed by atoms with Gasteiger partial charge in [-0.05, 0) is 0 Å². The fourth-order valence-corrected chi connectivity index (χ4v) is 5.13. The van der Waals surface area contributed by atoms with Gasteiger partial charge in [-0.15, -0.1) is 0 Å². The van der Waals surface area contributed by atoms with Crippen molar-refractivity contribution in [3.05, 3.63) is 20.2 Å². The molecule has 2 unspecified atom stereocenters. The van der Waals surface area contributed by atoms with Gasteiger partial charge in [-0.2, -0.15) is 0 Å². The third kappa shape index (κ3) is 1.53. The highest BCUT2D eigenvalue weighted by atomic mass is 31.2. The molecule has 0 aromatic carbocycles. The van der Waals surface area contributed by atoms with Crippen molar-refractivity contribution in [3.8, 4) is 0 Å². The molecule has 0 aliphatic carbocycles. The van der Waals surface area contributed by atoms with Gasteiger partial charge in [-0.25, -0.2) is 0 Å². The molecule has 1 heterocycles. The molecule has 0 aromatic rings. The van der Waals surface area contributed by atoms with Gasteiger partial charge >= 0.3 is 0 Å². The van der Waals surface area contributed by atoms with E-state index in [2.05, 4.69) is 0 Å². The maximum absolute atomic E-state index is 12.0. The normalized spacial score (nSPS) is 43.2. The van der Waals surface area contributed by atoms with Crippen LogP contribution in [0.2, 0.25) is 0 Å². The van der Waals surface area contributed by atoms with E-state index in [1.165, 1.54) is 0 Å². The van der Waals surface area contributed by atoms with Crippen LogP contribution in [0.15, 0.2) is 0 Å². The summed E-state index contributed by atoms with van der Waals surface area (Å²) >= 11 is 0. The standard InChI is InChI=1S/C7H13N2O6P/c1-6(8(10)11)4-16(14,15-3)5-7(6,2)9(12)13/h4-5H2,1-3H3. The molecule has 0 amide bonds. The number of rotatable bonds is 3. The molecule has 1 aliphatic heterocycles. The highest BCUT2D eigenvalue weighted by Crippen LogP contribution is 2.61. The van der Waals surface area contributed by atoms with Gasteiger partial charge in [0.2, 0.25) is 7.37 Å². The summed E-state index contributed by atoms with van der Waals surface area (Å²) in [5.74, 6) is 0. The van der Waals surface area contributed by atoms with E-state index in [0.29, 0.717) is 0 Å². The highest BCUT2D eigenvalue weighted by molar-refractivity contribution is 7.59. The summed E-state index contributed by atoms with van der Waals surface area (Å²) in [4.78, 5) is 20.5. The Kier molecular flexibility index (Phi) is 2.85. The van der Waals surface area contributed by atoms with E-state index in [1.807, 2.05) is 0 Å². The zero-order chi connectivity index (χ0) is 12.8. The van der Waals surface area contributed by atoms with Crippen molar-refractivity contribution in [1.82, 2.24) is 0 Å². The lowest BCUT2D eigenvalue weighted by atomic mass is 9.84. The SMILES string of the molecule is COP1(=O)CC(C)([N+](=O)[O-])C(C)([N+](=O)[O-])C1. The van der Waals surface area contributed by atoms with Gasteiger partial charge in [0.1, 0.15) is 12.3 Å². The Hall–Kier alpha value is -1.01. The summed E-state index contributed by atoms with van der Waals surface area (Å²) in [6.07, 6.45) is -0.804. The average Bonchev–Trinajstić information content (AvgIpc) is 2.38. The van der Waals surface area contributed by atoms with Gasteiger partial charge in [0, 0.05) is 30.8 Å². The Labute approximate surface area is 91.7 Å². The number of hydrogen-bond acceptors (Lipinski definition) is 6. The molecule has 0 radical (unpaired) electrons. The lowest BCUT2D eigenvalue weighted by Gasteiger charge is -2.24. The molecular weight excluding hydrogens is 239 g/mol. The van der Waals surface area contributed by atoms with Gasteiger partial charge in [0.05, 0.1) is 0 Å². The first kappa shape index (κ1) is 13.1. The van der Waals surface area contributed by atoms with E-state index >= 15 is 0 Å². The van der Waals surface area contributed by atoms with Crippen molar-refractivity contribution < 1.29 is 18.9 Å². The Morgan fingerprint density at radius 2 is 1.44 bits per heavy atom. The molecule has 1 rings (SSSR count). The summed E-state index contributed by atoms with van der Waals surface area (Å²) in [6, 6.07) is 0. The van der Waals surface area contributed by atoms with E-state index in [-0.39, 0.29) is 0 Å². The minimum Gasteiger partial charge on any atom is -0.331 e. The molecule has 8 nitrogen and oxygen atoms in total. The first-order chi connectivity index (χ1) is 7.11. The second-order valence-corrected chi connectivity index (χ2v) is 7.00. The molecule has 1 fully saturated rings. The summed E-state index contributed by atoms with van der Waals surface area (Å²) in [7, 11) is -2.13. The predicted octanol–water partition coefficient (Wildman–Crippen LogP) is 0.995. The van der Waals surface area contributed by atoms with Crippen LogP contribution in [0.4, 0.5) is 0 Å². The lowest BCUT2D eigenvalue weighted by molar-refractivity contribution is -0.668. The van der Waals surface area contributed by atoms with Crippen LogP contribution in [-0.2, 0) is 9.09 Å². The number of hydrogen-bond donors (Lipinski definition) is 0. The number of nitrogens with zero attached hydrogens (tertiary/aromatic N) is 2. The van der Waals surface area contributed by atoms with Gasteiger partial charge in [-0.3, -0.25) is 24.8 Å². The molecule has 0 N–H and O–H groups in total. The summed E-state index contributed by atoms with van der Waals surface area (Å²) in [5, 5.41) is 21.9. The Morgan fingerprint density at radius 3 is 1.62 bits per heavy atom. The molecule has 0 spiro atoms. The van der Waals surface area contributed by atoms with E-state index in [4.69, 9.17) is 4.52 Å². The molecule has 16 heavy (non-hydrogen) atoms. The smallest absolute Gasteiger partial charge is 0.297 e. The van der Waals surface area contributed by atoms with Crippen LogP contribution in [0.25, 0.3) is 0 Å². The minimum atomic E-state index is -3.29. The first-order valence-electron chi connectivity index (χ1n) is 4.54. The maximum Gasteiger partial charge on any atom is 0.297 e. The maximum atomic E-state index is 12.0. The lowest BCUT2D eigenvalue weighted by Crippen LogP contribution is -2.59. The quantitative estimate of drug-likeness (QED) is 0.420. The fraction of sp³-hybridized carbons (Fsp3) is 1.00. The van der Waals surface area contributed by atoms with E-state index in [9.17, 15) is 24.8 Å². The van der Waals surface area contributed by atoms with Gasteiger partial charge < -0.3 is 4.52 Å². The Morgan fingerprint density at radius 1 is 1.12 bits per heavy atom. The first-order valence-corrected chi connectivity index (χ1v) is 6.54. The second-order valence-electron chi connectivity index (χ2n) is 4.38. The Bertz CT molecular complexity index is 366. The van der Waals surface area contributed by atoms with Crippen LogP contribution in [0.5, 0.6) is 0 Å². The number of nitro groups is 2. The molecule has 0 aromatic heterocycles. The molecule has 92 valence electrons. The van der Waals surface area contributed by atoms with Gasteiger partial charge in [0.25, 0.3) is 11.1 Å². The van der Waals surface area contributed by atoms with Crippen molar-refractivity contribution in [1.29, 1.82) is 0 Å². The Balaban J connectivity index is 3.32. The van der Waals surface area contributed by atoms with Crippen LogP contribution < -0.4 is 0 Å². The highest BCUT2D eigenvalue weighted by Gasteiger charge is 2.74. The largest absolute Gasteiger partial charge is 0.331 e. The van der Waals surface area contributed by atoms with Crippen LogP contribution in [-0.4, -0.2) is 40.4 Å². The van der Waals surface area contributed by atoms with Crippen LogP contribution in [0, 0.1) is 20.2 Å². The van der Waals surface area contributed by atoms with Crippen molar-refractivity contribution in [2.45, 2.75) is 24.9 Å². The third-order valence-electron chi connectivity index (χ3n) is 3.40. The summed E-state index contributed by atoms with van der Waals surface area (Å²) in [5.41, 5.74) is -3.72. The molecular formula is C7H13N2O6P. The van der Waals surface area contributed by atoms with Gasteiger partial charge in [0.15, 0.2) is 0 Å².